The van der Waals surface area contributed by atoms with Crippen LogP contribution in [0.25, 0.3) is 11.3 Å². The van der Waals surface area contributed by atoms with Crippen LogP contribution in [0.5, 0.6) is 0 Å². The lowest BCUT2D eigenvalue weighted by atomic mass is 9.80. The van der Waals surface area contributed by atoms with Crippen molar-refractivity contribution >= 4 is 6.09 Å². The first kappa shape index (κ1) is 24.4. The van der Waals surface area contributed by atoms with Gasteiger partial charge in [0.05, 0.1) is 22.9 Å². The lowest BCUT2D eigenvalue weighted by molar-refractivity contribution is -0.101. The summed E-state index contributed by atoms with van der Waals surface area (Å²) in [7, 11) is 0. The van der Waals surface area contributed by atoms with Crippen molar-refractivity contribution in [3.63, 3.8) is 0 Å². The number of halogens is 1. The molecule has 2 atom stereocenters. The SMILES string of the molecule is C[C@@H](c1ccc(-c2ccc(C#N)cn2)cc1)N1CC[C@](CC(C)(C)O)(c2ccc(F)cc2)OC1=O. The van der Waals surface area contributed by atoms with Gasteiger partial charge < -0.3 is 14.7 Å². The first-order chi connectivity index (χ1) is 16.6. The van der Waals surface area contributed by atoms with Gasteiger partial charge >= 0.3 is 6.09 Å². The second kappa shape index (κ2) is 9.47. The molecule has 2 aromatic carbocycles. The van der Waals surface area contributed by atoms with E-state index in [9.17, 15) is 14.3 Å². The first-order valence-corrected chi connectivity index (χ1v) is 11.5. The number of benzene rings is 2. The van der Waals surface area contributed by atoms with Gasteiger partial charge in [0.1, 0.15) is 17.5 Å². The third-order valence-electron chi connectivity index (χ3n) is 6.41. The molecule has 1 fully saturated rings. The minimum Gasteiger partial charge on any atom is -0.438 e. The van der Waals surface area contributed by atoms with E-state index < -0.39 is 17.3 Å². The summed E-state index contributed by atoms with van der Waals surface area (Å²) in [4.78, 5) is 19.2. The number of nitrogens with zero attached hydrogens (tertiary/aromatic N) is 3. The number of aliphatic hydroxyl groups is 1. The van der Waals surface area contributed by atoms with Gasteiger partial charge in [-0.25, -0.2) is 9.18 Å². The van der Waals surface area contributed by atoms with Crippen LogP contribution in [0.2, 0.25) is 0 Å². The van der Waals surface area contributed by atoms with Gasteiger partial charge in [-0.1, -0.05) is 36.4 Å². The molecule has 7 heteroatoms. The highest BCUT2D eigenvalue weighted by Crippen LogP contribution is 2.42. The molecule has 180 valence electrons. The Morgan fingerprint density at radius 2 is 1.86 bits per heavy atom. The van der Waals surface area contributed by atoms with Crippen LogP contribution < -0.4 is 0 Å². The molecule has 1 aliphatic heterocycles. The minimum absolute atomic E-state index is 0.200. The van der Waals surface area contributed by atoms with Crippen LogP contribution in [0.4, 0.5) is 9.18 Å². The summed E-state index contributed by atoms with van der Waals surface area (Å²) in [6.45, 7) is 5.71. The number of carbonyl (C=O) groups excluding carboxylic acids is 1. The summed E-state index contributed by atoms with van der Waals surface area (Å²) in [6.07, 6.45) is 1.73. The molecule has 2 heterocycles. The van der Waals surface area contributed by atoms with E-state index >= 15 is 0 Å². The standard InChI is InChI=1S/C28H28FN3O3/c1-19(21-5-7-22(8-6-21)25-13-4-20(16-30)17-31-25)32-15-14-28(35-26(32)33,18-27(2,3)34)23-9-11-24(29)12-10-23/h4-13,17,19,34H,14-15,18H2,1-3H3/t19-,28-/m0/s1. The molecule has 1 amide bonds. The zero-order valence-electron chi connectivity index (χ0n) is 20.0. The molecule has 0 unspecified atom stereocenters. The molecule has 0 saturated carbocycles. The van der Waals surface area contributed by atoms with Gasteiger partial charge in [-0.3, -0.25) is 4.98 Å². The predicted octanol–water partition coefficient (Wildman–Crippen LogP) is 5.72. The third-order valence-corrected chi connectivity index (χ3v) is 6.41. The molecule has 35 heavy (non-hydrogen) atoms. The number of nitriles is 1. The van der Waals surface area contributed by atoms with Crippen LogP contribution in [-0.4, -0.2) is 33.2 Å². The van der Waals surface area contributed by atoms with Gasteiger partial charge in [-0.2, -0.15) is 5.26 Å². The number of ether oxygens (including phenoxy) is 1. The Morgan fingerprint density at radius 1 is 1.17 bits per heavy atom. The molecule has 3 aromatic rings. The average molecular weight is 474 g/mol. The molecule has 1 aromatic heterocycles. The van der Waals surface area contributed by atoms with Gasteiger partial charge in [0.25, 0.3) is 0 Å². The number of hydrogen-bond acceptors (Lipinski definition) is 5. The normalized spacial score (nSPS) is 19.1. The number of aromatic nitrogens is 1. The lowest BCUT2D eigenvalue weighted by Crippen LogP contribution is -2.51. The summed E-state index contributed by atoms with van der Waals surface area (Å²) < 4.78 is 19.6. The molecule has 0 bridgehead atoms. The van der Waals surface area contributed by atoms with Crippen molar-refractivity contribution in [2.75, 3.05) is 6.54 Å². The molecule has 1 N–H and O–H groups in total. The van der Waals surface area contributed by atoms with Gasteiger partial charge in [-0.15, -0.1) is 0 Å². The number of amides is 1. The van der Waals surface area contributed by atoms with Gasteiger partial charge in [0, 0.05) is 31.1 Å². The Bertz CT molecular complexity index is 1230. The smallest absolute Gasteiger partial charge is 0.411 e. The van der Waals surface area contributed by atoms with Gasteiger partial charge in [0.15, 0.2) is 0 Å². The Hall–Kier alpha value is -3.76. The second-order valence-corrected chi connectivity index (χ2v) is 9.64. The van der Waals surface area contributed by atoms with E-state index in [0.717, 1.165) is 16.8 Å². The lowest BCUT2D eigenvalue weighted by Gasteiger charge is -2.45. The van der Waals surface area contributed by atoms with E-state index in [1.165, 1.54) is 18.3 Å². The quantitative estimate of drug-likeness (QED) is 0.495. The largest absolute Gasteiger partial charge is 0.438 e. The Balaban J connectivity index is 1.53. The van der Waals surface area contributed by atoms with Crippen molar-refractivity contribution in [2.24, 2.45) is 0 Å². The maximum atomic E-state index is 13.5. The van der Waals surface area contributed by atoms with Crippen LogP contribution in [0.15, 0.2) is 66.9 Å². The minimum atomic E-state index is -1.09. The van der Waals surface area contributed by atoms with Crippen molar-refractivity contribution < 1.29 is 19.0 Å². The fourth-order valence-electron chi connectivity index (χ4n) is 4.65. The van der Waals surface area contributed by atoms with Gasteiger partial charge in [0.2, 0.25) is 0 Å². The Kier molecular flexibility index (Phi) is 6.60. The van der Waals surface area contributed by atoms with Crippen molar-refractivity contribution in [3.05, 3.63) is 89.4 Å². The highest BCUT2D eigenvalue weighted by molar-refractivity contribution is 5.70. The molecule has 6 nitrogen and oxygen atoms in total. The highest BCUT2D eigenvalue weighted by Gasteiger charge is 2.46. The number of pyridine rings is 1. The van der Waals surface area contributed by atoms with Crippen LogP contribution >= 0.6 is 0 Å². The molecular weight excluding hydrogens is 445 g/mol. The highest BCUT2D eigenvalue weighted by atomic mass is 19.1. The van der Waals surface area contributed by atoms with Crippen LogP contribution in [0.3, 0.4) is 0 Å². The maximum absolute atomic E-state index is 13.5. The third kappa shape index (κ3) is 5.33. The summed E-state index contributed by atoms with van der Waals surface area (Å²) in [5.74, 6) is -0.371. The summed E-state index contributed by atoms with van der Waals surface area (Å²) in [5.41, 5.74) is 1.66. The molecular formula is C28H28FN3O3. The van der Waals surface area contributed by atoms with Crippen LogP contribution in [-0.2, 0) is 10.3 Å². The van der Waals surface area contributed by atoms with Crippen molar-refractivity contribution in [3.8, 4) is 17.3 Å². The fraction of sp³-hybridized carbons (Fsp3) is 0.321. The zero-order chi connectivity index (χ0) is 25.2. The maximum Gasteiger partial charge on any atom is 0.411 e. The van der Waals surface area contributed by atoms with Crippen molar-refractivity contribution in [1.29, 1.82) is 5.26 Å². The molecule has 0 aliphatic carbocycles. The van der Waals surface area contributed by atoms with E-state index in [4.69, 9.17) is 10.00 Å². The second-order valence-electron chi connectivity index (χ2n) is 9.64. The number of hydrogen-bond donors (Lipinski definition) is 1. The monoisotopic (exact) mass is 473 g/mol. The van der Waals surface area contributed by atoms with E-state index in [1.54, 1.807) is 43.0 Å². The number of rotatable bonds is 6. The molecule has 0 spiro atoms. The number of cyclic esters (lactones) is 1. The van der Waals surface area contributed by atoms with Crippen LogP contribution in [0, 0.1) is 17.1 Å². The summed E-state index contributed by atoms with van der Waals surface area (Å²) in [6, 6.07) is 19.0. The average Bonchev–Trinajstić information content (AvgIpc) is 2.83. The number of carbonyl (C=O) groups is 1. The van der Waals surface area contributed by atoms with E-state index in [0.29, 0.717) is 24.1 Å². The Labute approximate surface area is 204 Å². The van der Waals surface area contributed by atoms with Crippen LogP contribution in [0.1, 0.15) is 56.3 Å². The van der Waals surface area contributed by atoms with E-state index in [2.05, 4.69) is 11.1 Å². The van der Waals surface area contributed by atoms with E-state index in [-0.39, 0.29) is 18.3 Å². The Morgan fingerprint density at radius 3 is 2.40 bits per heavy atom. The zero-order valence-corrected chi connectivity index (χ0v) is 20.0. The first-order valence-electron chi connectivity index (χ1n) is 11.5. The molecule has 1 saturated heterocycles. The molecule has 0 radical (unpaired) electrons. The van der Waals surface area contributed by atoms with Crippen molar-refractivity contribution in [2.45, 2.75) is 50.9 Å². The van der Waals surface area contributed by atoms with E-state index in [1.807, 2.05) is 31.2 Å². The van der Waals surface area contributed by atoms with Gasteiger partial charge in [-0.05, 0) is 56.2 Å². The van der Waals surface area contributed by atoms with Crippen molar-refractivity contribution in [1.82, 2.24) is 9.88 Å². The predicted molar refractivity (Wildman–Crippen MR) is 130 cm³/mol. The topological polar surface area (TPSA) is 86.5 Å². The summed E-state index contributed by atoms with van der Waals surface area (Å²) in [5, 5.41) is 19.5. The molecule has 4 rings (SSSR count). The molecule has 1 aliphatic rings. The summed E-state index contributed by atoms with van der Waals surface area (Å²) >= 11 is 0. The fourth-order valence-corrected chi connectivity index (χ4v) is 4.65.